The first-order chi connectivity index (χ1) is 13.9. The smallest absolute Gasteiger partial charge is 0.251 e. The third kappa shape index (κ3) is 3.24. The van der Waals surface area contributed by atoms with Crippen LogP contribution in [0, 0.1) is 31.5 Å². The molecule has 0 bridgehead atoms. The molecule has 1 aliphatic heterocycles. The highest BCUT2D eigenvalue weighted by Gasteiger charge is 2.52. The molecule has 4 rings (SSSR count). The number of nitrogens with zero attached hydrogens (tertiary/aromatic N) is 1. The molecule has 1 N–H and O–H groups in total. The summed E-state index contributed by atoms with van der Waals surface area (Å²) in [6, 6.07) is 10.2. The Kier molecular flexibility index (Phi) is 4.78. The molecule has 1 fully saturated rings. The van der Waals surface area contributed by atoms with E-state index in [4.69, 9.17) is 0 Å². The Morgan fingerprint density at radius 3 is 2.34 bits per heavy atom. The highest BCUT2D eigenvalue weighted by molar-refractivity contribution is 6.23. The number of fused-ring (bicyclic) bond motifs is 1. The summed E-state index contributed by atoms with van der Waals surface area (Å²) in [4.78, 5) is 40.3. The first-order valence-electron chi connectivity index (χ1n) is 9.55. The Labute approximate surface area is 168 Å². The van der Waals surface area contributed by atoms with Crippen molar-refractivity contribution < 1.29 is 18.8 Å². The summed E-state index contributed by atoms with van der Waals surface area (Å²) in [6.45, 7) is 3.74. The number of carbonyl (C=O) groups is 3. The number of halogens is 1. The van der Waals surface area contributed by atoms with Crippen LogP contribution in [-0.4, -0.2) is 23.8 Å². The van der Waals surface area contributed by atoms with Gasteiger partial charge in [0.1, 0.15) is 5.82 Å². The third-order valence-electron chi connectivity index (χ3n) is 5.66. The lowest BCUT2D eigenvalue weighted by molar-refractivity contribution is -0.122. The number of anilines is 1. The second-order valence-corrected chi connectivity index (χ2v) is 7.55. The quantitative estimate of drug-likeness (QED) is 0.644. The molecule has 1 heterocycles. The van der Waals surface area contributed by atoms with Crippen LogP contribution in [0.1, 0.15) is 27.9 Å². The van der Waals surface area contributed by atoms with E-state index in [-0.39, 0.29) is 11.8 Å². The van der Waals surface area contributed by atoms with E-state index in [0.717, 1.165) is 11.1 Å². The van der Waals surface area contributed by atoms with Crippen LogP contribution in [0.3, 0.4) is 0 Å². The Balaban J connectivity index is 1.63. The standard InChI is InChI=1S/C23H21FN2O3/c1-13-5-3-6-14(2)20(13)26-22(28)17-7-4-8-18(19(17)23(26)29)25-21(27)15-9-11-16(24)12-10-15/h3-6,8-12,17-19H,7H2,1-2H3,(H,25,27)/t17-,18-,19+/m1/s1. The van der Waals surface area contributed by atoms with Crippen molar-refractivity contribution in [3.8, 4) is 0 Å². The minimum absolute atomic E-state index is 0.234. The molecule has 1 aliphatic carbocycles. The van der Waals surface area contributed by atoms with E-state index in [1.165, 1.54) is 29.2 Å². The van der Waals surface area contributed by atoms with E-state index in [2.05, 4.69) is 5.32 Å². The average Bonchev–Trinajstić information content (AvgIpc) is 2.94. The average molecular weight is 392 g/mol. The van der Waals surface area contributed by atoms with Gasteiger partial charge in [0.05, 0.1) is 23.6 Å². The van der Waals surface area contributed by atoms with Crippen molar-refractivity contribution in [2.75, 3.05) is 4.90 Å². The van der Waals surface area contributed by atoms with Crippen molar-refractivity contribution in [2.24, 2.45) is 11.8 Å². The van der Waals surface area contributed by atoms with Crippen molar-refractivity contribution in [3.05, 3.63) is 77.1 Å². The topological polar surface area (TPSA) is 66.5 Å². The van der Waals surface area contributed by atoms with Gasteiger partial charge < -0.3 is 5.32 Å². The third-order valence-corrected chi connectivity index (χ3v) is 5.66. The summed E-state index contributed by atoms with van der Waals surface area (Å²) < 4.78 is 13.1. The van der Waals surface area contributed by atoms with Crippen molar-refractivity contribution in [1.29, 1.82) is 0 Å². The molecule has 0 radical (unpaired) electrons. The summed E-state index contributed by atoms with van der Waals surface area (Å²) in [7, 11) is 0. The highest BCUT2D eigenvalue weighted by Crippen LogP contribution is 2.40. The molecule has 2 aromatic carbocycles. The van der Waals surface area contributed by atoms with Crippen molar-refractivity contribution in [1.82, 2.24) is 5.32 Å². The van der Waals surface area contributed by atoms with Crippen LogP contribution in [0.2, 0.25) is 0 Å². The Morgan fingerprint density at radius 2 is 1.69 bits per heavy atom. The van der Waals surface area contributed by atoms with Gasteiger partial charge in [-0.3, -0.25) is 14.4 Å². The van der Waals surface area contributed by atoms with E-state index in [1.807, 2.05) is 38.1 Å². The summed E-state index contributed by atoms with van der Waals surface area (Å²) in [5, 5.41) is 2.83. The monoisotopic (exact) mass is 392 g/mol. The molecule has 3 amide bonds. The van der Waals surface area contributed by atoms with Gasteiger partial charge in [-0.05, 0) is 55.7 Å². The number of imide groups is 1. The molecule has 148 valence electrons. The molecule has 0 spiro atoms. The zero-order valence-corrected chi connectivity index (χ0v) is 16.2. The molecule has 2 aliphatic rings. The van der Waals surface area contributed by atoms with Crippen LogP contribution in [0.15, 0.2) is 54.6 Å². The predicted octanol–water partition coefficient (Wildman–Crippen LogP) is 3.31. The van der Waals surface area contributed by atoms with Crippen LogP contribution in [0.5, 0.6) is 0 Å². The van der Waals surface area contributed by atoms with E-state index >= 15 is 0 Å². The lowest BCUT2D eigenvalue weighted by atomic mass is 9.81. The van der Waals surface area contributed by atoms with Gasteiger partial charge in [0.2, 0.25) is 11.8 Å². The maximum absolute atomic E-state index is 13.3. The minimum Gasteiger partial charge on any atom is -0.345 e. The van der Waals surface area contributed by atoms with Gasteiger partial charge in [0.25, 0.3) is 5.91 Å². The van der Waals surface area contributed by atoms with E-state index in [1.54, 1.807) is 6.08 Å². The zero-order chi connectivity index (χ0) is 20.7. The van der Waals surface area contributed by atoms with Gasteiger partial charge in [0, 0.05) is 5.56 Å². The summed E-state index contributed by atoms with van der Waals surface area (Å²) >= 11 is 0. The second kappa shape index (κ2) is 7.28. The van der Waals surface area contributed by atoms with E-state index < -0.39 is 29.6 Å². The fraction of sp³-hybridized carbons (Fsp3) is 0.261. The summed E-state index contributed by atoms with van der Waals surface area (Å²) in [5.41, 5.74) is 2.63. The molecule has 0 aromatic heterocycles. The number of allylic oxidation sites excluding steroid dienone is 1. The van der Waals surface area contributed by atoms with Gasteiger partial charge in [-0.2, -0.15) is 0 Å². The van der Waals surface area contributed by atoms with Crippen molar-refractivity contribution >= 4 is 23.4 Å². The molecule has 1 saturated heterocycles. The molecule has 3 atom stereocenters. The van der Waals surface area contributed by atoms with Crippen LogP contribution in [0.4, 0.5) is 10.1 Å². The number of hydrogen-bond donors (Lipinski definition) is 1. The molecule has 0 unspecified atom stereocenters. The van der Waals surface area contributed by atoms with Crippen LogP contribution in [0.25, 0.3) is 0 Å². The molecule has 29 heavy (non-hydrogen) atoms. The predicted molar refractivity (Wildman–Crippen MR) is 107 cm³/mol. The van der Waals surface area contributed by atoms with Gasteiger partial charge in [-0.25, -0.2) is 9.29 Å². The normalized spacial score (nSPS) is 23.3. The highest BCUT2D eigenvalue weighted by atomic mass is 19.1. The number of aryl methyl sites for hydroxylation is 2. The number of para-hydroxylation sites is 1. The van der Waals surface area contributed by atoms with Crippen molar-refractivity contribution in [3.63, 3.8) is 0 Å². The molecule has 2 aromatic rings. The molecular formula is C23H21FN2O3. The number of carbonyl (C=O) groups excluding carboxylic acids is 3. The lowest BCUT2D eigenvalue weighted by Crippen LogP contribution is -2.45. The second-order valence-electron chi connectivity index (χ2n) is 7.55. The molecule has 0 saturated carbocycles. The Hall–Kier alpha value is -3.28. The fourth-order valence-electron chi connectivity index (χ4n) is 4.24. The number of amides is 3. The summed E-state index contributed by atoms with van der Waals surface area (Å²) in [5.74, 6) is -2.54. The number of benzene rings is 2. The fourth-order valence-corrected chi connectivity index (χ4v) is 4.24. The maximum Gasteiger partial charge on any atom is 0.251 e. The number of hydrogen-bond acceptors (Lipinski definition) is 3. The largest absolute Gasteiger partial charge is 0.345 e. The first-order valence-corrected chi connectivity index (χ1v) is 9.55. The van der Waals surface area contributed by atoms with Gasteiger partial charge >= 0.3 is 0 Å². The minimum atomic E-state index is -0.657. The van der Waals surface area contributed by atoms with Gasteiger partial charge in [-0.15, -0.1) is 0 Å². The van der Waals surface area contributed by atoms with Crippen LogP contribution in [-0.2, 0) is 9.59 Å². The van der Waals surface area contributed by atoms with E-state index in [9.17, 15) is 18.8 Å². The number of nitrogens with one attached hydrogen (secondary N) is 1. The first kappa shape index (κ1) is 19.1. The summed E-state index contributed by atoms with van der Waals surface area (Å²) in [6.07, 6.45) is 4.05. The lowest BCUT2D eigenvalue weighted by Gasteiger charge is -2.27. The maximum atomic E-state index is 13.3. The zero-order valence-electron chi connectivity index (χ0n) is 16.2. The molecule has 5 nitrogen and oxygen atoms in total. The van der Waals surface area contributed by atoms with E-state index in [0.29, 0.717) is 17.7 Å². The van der Waals surface area contributed by atoms with Gasteiger partial charge in [-0.1, -0.05) is 30.4 Å². The molecule has 6 heteroatoms. The Bertz CT molecular complexity index is 1010. The van der Waals surface area contributed by atoms with Gasteiger partial charge in [0.15, 0.2) is 0 Å². The number of rotatable bonds is 3. The van der Waals surface area contributed by atoms with Crippen LogP contribution >= 0.6 is 0 Å². The Morgan fingerprint density at radius 1 is 1.03 bits per heavy atom. The van der Waals surface area contributed by atoms with Crippen LogP contribution < -0.4 is 10.2 Å². The molecular weight excluding hydrogens is 371 g/mol. The SMILES string of the molecule is Cc1cccc(C)c1N1C(=O)[C@@H]2[C@H](NC(=O)c3ccc(F)cc3)C=CC[C@H]2C1=O. The van der Waals surface area contributed by atoms with Crippen molar-refractivity contribution in [2.45, 2.75) is 26.3 Å².